The van der Waals surface area contributed by atoms with Gasteiger partial charge in [0.15, 0.2) is 6.10 Å². The van der Waals surface area contributed by atoms with E-state index in [1.165, 1.54) is 16.9 Å². The van der Waals surface area contributed by atoms with Crippen LogP contribution in [-0.4, -0.2) is 26.8 Å². The minimum absolute atomic E-state index is 0.254. The molecule has 0 aliphatic heterocycles. The first-order valence-corrected chi connectivity index (χ1v) is 10.5. The summed E-state index contributed by atoms with van der Waals surface area (Å²) in [6.07, 6.45) is -0.657. The van der Waals surface area contributed by atoms with Crippen molar-refractivity contribution in [1.82, 2.24) is 14.8 Å². The van der Waals surface area contributed by atoms with Crippen LogP contribution in [0.1, 0.15) is 18.2 Å². The van der Waals surface area contributed by atoms with Crippen LogP contribution in [0.5, 0.6) is 5.75 Å². The maximum absolute atomic E-state index is 12.7. The van der Waals surface area contributed by atoms with Crippen LogP contribution in [0.2, 0.25) is 0 Å². The van der Waals surface area contributed by atoms with E-state index in [0.29, 0.717) is 16.7 Å². The Hall–Kier alpha value is -3.45. The molecule has 152 valence electrons. The summed E-state index contributed by atoms with van der Waals surface area (Å²) in [5, 5.41) is 10.1. The standard InChI is InChI=1S/C23H22N4O2S/c1-15-9-11-18(12-10-15)20-14-30-23(24-20)27-21(13-16(2)26-27)25-22(28)17(3)29-19-7-5-4-6-8-19/h4-14,17H,1-3H3,(H,25,28)/t17-/m0/s1. The molecule has 1 N–H and O–H groups in total. The molecule has 0 saturated heterocycles. The summed E-state index contributed by atoms with van der Waals surface area (Å²) < 4.78 is 7.38. The van der Waals surface area contributed by atoms with Crippen LogP contribution in [0.15, 0.2) is 66.0 Å². The highest BCUT2D eigenvalue weighted by molar-refractivity contribution is 7.12. The van der Waals surface area contributed by atoms with Gasteiger partial charge in [-0.05, 0) is 32.9 Å². The number of hydrogen-bond donors (Lipinski definition) is 1. The van der Waals surface area contributed by atoms with E-state index >= 15 is 0 Å². The summed E-state index contributed by atoms with van der Waals surface area (Å²) in [6.45, 7) is 5.65. The van der Waals surface area contributed by atoms with Gasteiger partial charge < -0.3 is 10.1 Å². The van der Waals surface area contributed by atoms with Gasteiger partial charge in [0.05, 0.1) is 11.4 Å². The van der Waals surface area contributed by atoms with Crippen molar-refractivity contribution in [3.63, 3.8) is 0 Å². The normalized spacial score (nSPS) is 11.8. The lowest BCUT2D eigenvalue weighted by atomic mass is 10.1. The molecule has 4 aromatic rings. The van der Waals surface area contributed by atoms with Crippen LogP contribution < -0.4 is 10.1 Å². The molecule has 0 aliphatic carbocycles. The minimum Gasteiger partial charge on any atom is -0.481 e. The second-order valence-corrected chi connectivity index (χ2v) is 7.86. The maximum atomic E-state index is 12.7. The lowest BCUT2D eigenvalue weighted by Gasteiger charge is -2.14. The first-order valence-electron chi connectivity index (χ1n) is 9.62. The van der Waals surface area contributed by atoms with Gasteiger partial charge in [0.2, 0.25) is 5.13 Å². The van der Waals surface area contributed by atoms with Gasteiger partial charge in [0.25, 0.3) is 5.91 Å². The van der Waals surface area contributed by atoms with Crippen molar-refractivity contribution < 1.29 is 9.53 Å². The number of thiazole rings is 1. The van der Waals surface area contributed by atoms with Gasteiger partial charge in [0.1, 0.15) is 11.6 Å². The van der Waals surface area contributed by atoms with Crippen LogP contribution in [0, 0.1) is 13.8 Å². The number of nitrogens with one attached hydrogen (secondary N) is 1. The highest BCUT2D eigenvalue weighted by Crippen LogP contribution is 2.26. The number of aromatic nitrogens is 3. The van der Waals surface area contributed by atoms with Gasteiger partial charge in [-0.3, -0.25) is 4.79 Å². The molecule has 0 spiro atoms. The first-order chi connectivity index (χ1) is 14.5. The Bertz CT molecular complexity index is 1150. The van der Waals surface area contributed by atoms with E-state index in [1.807, 2.05) is 60.8 Å². The molecular formula is C23H22N4O2S. The Morgan fingerprint density at radius 2 is 1.83 bits per heavy atom. The Balaban J connectivity index is 1.53. The number of aryl methyl sites for hydroxylation is 2. The highest BCUT2D eigenvalue weighted by Gasteiger charge is 2.19. The predicted octanol–water partition coefficient (Wildman–Crippen LogP) is 5.02. The SMILES string of the molecule is Cc1ccc(-c2csc(-n3nc(C)cc3NC(=O)[C@H](C)Oc3ccccc3)n2)cc1. The van der Waals surface area contributed by atoms with Gasteiger partial charge in [-0.15, -0.1) is 11.3 Å². The monoisotopic (exact) mass is 418 g/mol. The Morgan fingerprint density at radius 1 is 1.10 bits per heavy atom. The Kier molecular flexibility index (Phi) is 5.63. The number of para-hydroxylation sites is 1. The summed E-state index contributed by atoms with van der Waals surface area (Å²) in [6, 6.07) is 19.3. The molecule has 6 nitrogen and oxygen atoms in total. The van der Waals surface area contributed by atoms with Crippen molar-refractivity contribution in [2.75, 3.05) is 5.32 Å². The number of carbonyl (C=O) groups is 1. The molecule has 1 atom stereocenters. The fraction of sp³-hybridized carbons (Fsp3) is 0.174. The van der Waals surface area contributed by atoms with E-state index in [0.717, 1.165) is 17.0 Å². The molecule has 0 bridgehead atoms. The number of amides is 1. The predicted molar refractivity (Wildman–Crippen MR) is 119 cm³/mol. The van der Waals surface area contributed by atoms with Crippen LogP contribution in [-0.2, 0) is 4.79 Å². The van der Waals surface area contributed by atoms with Crippen LogP contribution in [0.25, 0.3) is 16.4 Å². The number of hydrogen-bond acceptors (Lipinski definition) is 5. The molecule has 0 radical (unpaired) electrons. The van der Waals surface area contributed by atoms with Crippen molar-refractivity contribution in [2.45, 2.75) is 26.9 Å². The molecule has 0 fully saturated rings. The Morgan fingerprint density at radius 3 is 2.57 bits per heavy atom. The molecule has 2 aromatic heterocycles. The average Bonchev–Trinajstić information content (AvgIpc) is 3.36. The van der Waals surface area contributed by atoms with E-state index in [9.17, 15) is 4.79 Å². The molecule has 4 rings (SSSR count). The van der Waals surface area contributed by atoms with E-state index in [4.69, 9.17) is 9.72 Å². The van der Waals surface area contributed by atoms with Crippen LogP contribution in [0.3, 0.4) is 0 Å². The maximum Gasteiger partial charge on any atom is 0.266 e. The zero-order chi connectivity index (χ0) is 21.1. The van der Waals surface area contributed by atoms with E-state index in [2.05, 4.69) is 29.5 Å². The molecule has 0 saturated carbocycles. The zero-order valence-electron chi connectivity index (χ0n) is 17.0. The van der Waals surface area contributed by atoms with Gasteiger partial charge in [-0.25, -0.2) is 4.98 Å². The Labute approximate surface area is 179 Å². The van der Waals surface area contributed by atoms with Gasteiger partial charge >= 0.3 is 0 Å². The number of ether oxygens (including phenoxy) is 1. The summed E-state index contributed by atoms with van der Waals surface area (Å²) in [7, 11) is 0. The number of anilines is 1. The summed E-state index contributed by atoms with van der Waals surface area (Å²) in [5.41, 5.74) is 3.91. The van der Waals surface area contributed by atoms with Crippen molar-refractivity contribution in [3.8, 4) is 22.1 Å². The molecule has 30 heavy (non-hydrogen) atoms. The molecule has 0 aliphatic rings. The molecule has 0 unspecified atom stereocenters. The topological polar surface area (TPSA) is 69.0 Å². The second kappa shape index (κ2) is 8.51. The smallest absolute Gasteiger partial charge is 0.266 e. The average molecular weight is 419 g/mol. The van der Waals surface area contributed by atoms with Gasteiger partial charge in [-0.1, -0.05) is 48.0 Å². The number of rotatable bonds is 6. The van der Waals surface area contributed by atoms with Crippen LogP contribution in [0.4, 0.5) is 5.82 Å². The lowest BCUT2D eigenvalue weighted by Crippen LogP contribution is -2.30. The highest BCUT2D eigenvalue weighted by atomic mass is 32.1. The first kappa shape index (κ1) is 19.8. The molecular weight excluding hydrogens is 396 g/mol. The lowest BCUT2D eigenvalue weighted by molar-refractivity contribution is -0.122. The fourth-order valence-electron chi connectivity index (χ4n) is 2.94. The summed E-state index contributed by atoms with van der Waals surface area (Å²) in [4.78, 5) is 17.4. The van der Waals surface area contributed by atoms with Gasteiger partial charge in [0, 0.05) is 17.0 Å². The second-order valence-electron chi connectivity index (χ2n) is 7.03. The van der Waals surface area contributed by atoms with Crippen molar-refractivity contribution in [2.24, 2.45) is 0 Å². The van der Waals surface area contributed by atoms with Crippen LogP contribution >= 0.6 is 11.3 Å². The van der Waals surface area contributed by atoms with Crippen molar-refractivity contribution in [1.29, 1.82) is 0 Å². The molecule has 7 heteroatoms. The fourth-order valence-corrected chi connectivity index (χ4v) is 3.73. The van der Waals surface area contributed by atoms with E-state index < -0.39 is 6.10 Å². The number of carbonyl (C=O) groups excluding carboxylic acids is 1. The third-order valence-electron chi connectivity index (χ3n) is 4.53. The van der Waals surface area contributed by atoms with Gasteiger partial charge in [-0.2, -0.15) is 9.78 Å². The summed E-state index contributed by atoms with van der Waals surface area (Å²) in [5.74, 6) is 0.952. The van der Waals surface area contributed by atoms with E-state index in [-0.39, 0.29) is 5.91 Å². The third kappa shape index (κ3) is 4.41. The summed E-state index contributed by atoms with van der Waals surface area (Å²) >= 11 is 1.47. The minimum atomic E-state index is -0.657. The van der Waals surface area contributed by atoms with Crippen molar-refractivity contribution >= 4 is 23.1 Å². The quantitative estimate of drug-likeness (QED) is 0.477. The molecule has 2 heterocycles. The number of nitrogens with zero attached hydrogens (tertiary/aromatic N) is 3. The molecule has 2 aromatic carbocycles. The van der Waals surface area contributed by atoms with E-state index in [1.54, 1.807) is 11.6 Å². The third-order valence-corrected chi connectivity index (χ3v) is 5.34. The van der Waals surface area contributed by atoms with Crippen molar-refractivity contribution in [3.05, 3.63) is 77.3 Å². The largest absolute Gasteiger partial charge is 0.481 e. The number of benzene rings is 2. The zero-order valence-corrected chi connectivity index (χ0v) is 17.8. The molecule has 1 amide bonds.